The first-order valence-electron chi connectivity index (χ1n) is 6.75. The number of hydrogen-bond acceptors (Lipinski definition) is 3. The van der Waals surface area contributed by atoms with Gasteiger partial charge in [0.1, 0.15) is 0 Å². The van der Waals surface area contributed by atoms with E-state index in [0.717, 1.165) is 29.0 Å². The number of ether oxygens (including phenoxy) is 1. The Morgan fingerprint density at radius 3 is 2.79 bits per heavy atom. The molecule has 0 heterocycles. The fourth-order valence-electron chi connectivity index (χ4n) is 2.13. The van der Waals surface area contributed by atoms with Crippen LogP contribution in [0.2, 0.25) is 5.02 Å². The fourth-order valence-corrected chi connectivity index (χ4v) is 2.42. The lowest BCUT2D eigenvalue weighted by atomic mass is 10.1. The van der Waals surface area contributed by atoms with E-state index in [1.165, 1.54) is 0 Å². The van der Waals surface area contributed by atoms with E-state index in [2.05, 4.69) is 11.0 Å². The predicted molar refractivity (Wildman–Crippen MR) is 76.3 cm³/mol. The summed E-state index contributed by atoms with van der Waals surface area (Å²) in [5.74, 6) is -0.155. The van der Waals surface area contributed by atoms with Crippen molar-refractivity contribution in [3.05, 3.63) is 34.3 Å². The van der Waals surface area contributed by atoms with E-state index in [-0.39, 0.29) is 5.97 Å². The minimum absolute atomic E-state index is 0.155. The molecule has 0 radical (unpaired) electrons. The molecule has 4 heteroatoms. The number of hydrogen-bond donors (Lipinski definition) is 0. The molecule has 1 fully saturated rings. The number of carbonyl (C=O) groups is 1. The topological polar surface area (TPSA) is 29.5 Å². The largest absolute Gasteiger partial charge is 0.465 e. The number of esters is 1. The van der Waals surface area contributed by atoms with Gasteiger partial charge in [-0.15, -0.1) is 0 Å². The van der Waals surface area contributed by atoms with Gasteiger partial charge < -0.3 is 4.74 Å². The van der Waals surface area contributed by atoms with Gasteiger partial charge in [0.05, 0.1) is 13.2 Å². The standard InChI is InChI=1S/C15H20ClNO2/c1-3-19-15(18)10-17(13-6-7-13)9-12-5-4-11(2)8-14(12)16/h4-5,8,13H,3,6-7,9-10H2,1-2H3. The molecule has 0 amide bonds. The van der Waals surface area contributed by atoms with Gasteiger partial charge in [-0.1, -0.05) is 23.7 Å². The molecular formula is C15H20ClNO2. The van der Waals surface area contributed by atoms with E-state index in [9.17, 15) is 4.79 Å². The van der Waals surface area contributed by atoms with Gasteiger partial charge in [0.25, 0.3) is 0 Å². The zero-order valence-electron chi connectivity index (χ0n) is 11.5. The molecular weight excluding hydrogens is 262 g/mol. The normalized spacial score (nSPS) is 14.7. The van der Waals surface area contributed by atoms with Crippen LogP contribution >= 0.6 is 11.6 Å². The average molecular weight is 282 g/mol. The second-order valence-electron chi connectivity index (χ2n) is 5.04. The first-order chi connectivity index (χ1) is 9.10. The van der Waals surface area contributed by atoms with Crippen LogP contribution in [0.3, 0.4) is 0 Å². The molecule has 0 saturated heterocycles. The molecule has 1 saturated carbocycles. The Morgan fingerprint density at radius 2 is 2.21 bits per heavy atom. The van der Waals surface area contributed by atoms with Crippen molar-refractivity contribution >= 4 is 17.6 Å². The smallest absolute Gasteiger partial charge is 0.320 e. The second kappa shape index (κ2) is 6.40. The fraction of sp³-hybridized carbons (Fsp3) is 0.533. The van der Waals surface area contributed by atoms with Crippen molar-refractivity contribution in [3.8, 4) is 0 Å². The summed E-state index contributed by atoms with van der Waals surface area (Å²) < 4.78 is 5.02. The molecule has 104 valence electrons. The van der Waals surface area contributed by atoms with Crippen molar-refractivity contribution in [1.82, 2.24) is 4.90 Å². The van der Waals surface area contributed by atoms with Crippen molar-refractivity contribution in [2.45, 2.75) is 39.3 Å². The van der Waals surface area contributed by atoms with Crippen molar-refractivity contribution in [1.29, 1.82) is 0 Å². The van der Waals surface area contributed by atoms with Crippen molar-refractivity contribution in [2.24, 2.45) is 0 Å². The van der Waals surface area contributed by atoms with Gasteiger partial charge in [-0.25, -0.2) is 0 Å². The molecule has 19 heavy (non-hydrogen) atoms. The van der Waals surface area contributed by atoms with Crippen molar-refractivity contribution in [3.63, 3.8) is 0 Å². The van der Waals surface area contributed by atoms with E-state index < -0.39 is 0 Å². The van der Waals surface area contributed by atoms with E-state index in [0.29, 0.717) is 25.7 Å². The van der Waals surface area contributed by atoms with Gasteiger partial charge in [-0.3, -0.25) is 9.69 Å². The number of halogens is 1. The lowest BCUT2D eigenvalue weighted by Gasteiger charge is -2.21. The van der Waals surface area contributed by atoms with E-state index in [1.54, 1.807) is 0 Å². The molecule has 0 aliphatic heterocycles. The molecule has 0 aromatic heterocycles. The predicted octanol–water partition coefficient (Wildman–Crippen LogP) is 3.18. The molecule has 0 bridgehead atoms. The third-order valence-corrected chi connectivity index (χ3v) is 3.63. The highest BCUT2D eigenvalue weighted by Gasteiger charge is 2.30. The molecule has 0 atom stereocenters. The van der Waals surface area contributed by atoms with Crippen LogP contribution in [0.1, 0.15) is 30.9 Å². The Labute approximate surface area is 119 Å². The first-order valence-corrected chi connectivity index (χ1v) is 7.12. The molecule has 2 rings (SSSR count). The summed E-state index contributed by atoms with van der Waals surface area (Å²) in [5.41, 5.74) is 2.22. The molecule has 3 nitrogen and oxygen atoms in total. The summed E-state index contributed by atoms with van der Waals surface area (Å²) in [5, 5.41) is 0.773. The summed E-state index contributed by atoms with van der Waals surface area (Å²) >= 11 is 6.25. The minimum Gasteiger partial charge on any atom is -0.465 e. The molecule has 0 spiro atoms. The highest BCUT2D eigenvalue weighted by Crippen LogP contribution is 2.29. The molecule has 1 aromatic carbocycles. The van der Waals surface area contributed by atoms with Gasteiger partial charge >= 0.3 is 5.97 Å². The first kappa shape index (κ1) is 14.4. The van der Waals surface area contributed by atoms with Gasteiger partial charge in [-0.05, 0) is 43.9 Å². The maximum atomic E-state index is 11.6. The molecule has 1 aliphatic carbocycles. The summed E-state index contributed by atoms with van der Waals surface area (Å²) in [6.45, 7) is 5.34. The van der Waals surface area contributed by atoms with Crippen LogP contribution in [0.25, 0.3) is 0 Å². The third-order valence-electron chi connectivity index (χ3n) is 3.28. The SMILES string of the molecule is CCOC(=O)CN(Cc1ccc(C)cc1Cl)C1CC1. The van der Waals surface area contributed by atoms with Crippen LogP contribution in [0.4, 0.5) is 0 Å². The van der Waals surface area contributed by atoms with Crippen LogP contribution in [-0.2, 0) is 16.1 Å². The van der Waals surface area contributed by atoms with Crippen LogP contribution < -0.4 is 0 Å². The maximum absolute atomic E-state index is 11.6. The highest BCUT2D eigenvalue weighted by molar-refractivity contribution is 6.31. The summed E-state index contributed by atoms with van der Waals surface area (Å²) in [7, 11) is 0. The van der Waals surface area contributed by atoms with E-state index in [1.807, 2.05) is 26.0 Å². The van der Waals surface area contributed by atoms with Crippen LogP contribution in [0.15, 0.2) is 18.2 Å². The van der Waals surface area contributed by atoms with Crippen LogP contribution in [-0.4, -0.2) is 30.1 Å². The lowest BCUT2D eigenvalue weighted by Crippen LogP contribution is -2.32. The zero-order valence-corrected chi connectivity index (χ0v) is 12.2. The Bertz CT molecular complexity index is 457. The monoisotopic (exact) mass is 281 g/mol. The Morgan fingerprint density at radius 1 is 1.47 bits per heavy atom. The van der Waals surface area contributed by atoms with Crippen molar-refractivity contribution in [2.75, 3.05) is 13.2 Å². The van der Waals surface area contributed by atoms with Crippen LogP contribution in [0.5, 0.6) is 0 Å². The minimum atomic E-state index is -0.155. The number of benzene rings is 1. The quantitative estimate of drug-likeness (QED) is 0.750. The molecule has 0 unspecified atom stereocenters. The highest BCUT2D eigenvalue weighted by atomic mass is 35.5. The van der Waals surface area contributed by atoms with Crippen molar-refractivity contribution < 1.29 is 9.53 Å². The molecule has 1 aliphatic rings. The van der Waals surface area contributed by atoms with E-state index >= 15 is 0 Å². The lowest BCUT2D eigenvalue weighted by molar-refractivity contribution is -0.144. The number of carbonyl (C=O) groups excluding carboxylic acids is 1. The van der Waals surface area contributed by atoms with Crippen LogP contribution in [0, 0.1) is 6.92 Å². The van der Waals surface area contributed by atoms with Gasteiger partial charge in [-0.2, -0.15) is 0 Å². The summed E-state index contributed by atoms with van der Waals surface area (Å²) in [6, 6.07) is 6.56. The molecule has 0 N–H and O–H groups in total. The number of aryl methyl sites for hydroxylation is 1. The number of rotatable bonds is 6. The Balaban J connectivity index is 2.02. The van der Waals surface area contributed by atoms with Gasteiger partial charge in [0.2, 0.25) is 0 Å². The van der Waals surface area contributed by atoms with E-state index in [4.69, 9.17) is 16.3 Å². The summed E-state index contributed by atoms with van der Waals surface area (Å²) in [6.07, 6.45) is 2.31. The third kappa shape index (κ3) is 4.22. The zero-order chi connectivity index (χ0) is 13.8. The average Bonchev–Trinajstić information content (AvgIpc) is 3.16. The van der Waals surface area contributed by atoms with Gasteiger partial charge in [0.15, 0.2) is 0 Å². The summed E-state index contributed by atoms with van der Waals surface area (Å²) in [4.78, 5) is 13.8. The number of nitrogens with zero attached hydrogens (tertiary/aromatic N) is 1. The Kier molecular flexibility index (Phi) is 4.83. The second-order valence-corrected chi connectivity index (χ2v) is 5.44. The molecule has 1 aromatic rings. The van der Waals surface area contributed by atoms with Gasteiger partial charge in [0, 0.05) is 17.6 Å². The maximum Gasteiger partial charge on any atom is 0.320 e. The Hall–Kier alpha value is -1.06.